The van der Waals surface area contributed by atoms with Crippen LogP contribution in [0.2, 0.25) is 0 Å². The van der Waals surface area contributed by atoms with Crippen LogP contribution in [0.5, 0.6) is 0 Å². The monoisotopic (exact) mass is 197 g/mol. The van der Waals surface area contributed by atoms with Crippen LogP contribution in [0.3, 0.4) is 0 Å². The van der Waals surface area contributed by atoms with E-state index in [0.29, 0.717) is 11.7 Å². The lowest BCUT2D eigenvalue weighted by atomic mass is 10.1. The van der Waals surface area contributed by atoms with E-state index in [-0.39, 0.29) is 5.57 Å². The number of hydrogen-bond acceptors (Lipinski definition) is 5. The highest BCUT2D eigenvalue weighted by Gasteiger charge is 2.24. The fourth-order valence-electron chi connectivity index (χ4n) is 1.08. The summed E-state index contributed by atoms with van der Waals surface area (Å²) in [5.74, 6) is 2.45. The quantitative estimate of drug-likeness (QED) is 0.597. The molecule has 1 aliphatic rings. The van der Waals surface area contributed by atoms with Gasteiger partial charge < -0.3 is 14.2 Å². The van der Waals surface area contributed by atoms with Crippen molar-refractivity contribution in [2.45, 2.75) is 6.23 Å². The molecule has 0 aromatic rings. The fourth-order valence-corrected chi connectivity index (χ4v) is 1.08. The largest absolute Gasteiger partial charge is 0.495 e. The van der Waals surface area contributed by atoms with Crippen molar-refractivity contribution in [1.82, 2.24) is 0 Å². The molecular formula is C9H11NO4. The van der Waals surface area contributed by atoms with E-state index in [9.17, 15) is 4.79 Å². The minimum atomic E-state index is -0.706. The molecule has 0 aromatic carbocycles. The van der Waals surface area contributed by atoms with E-state index >= 15 is 0 Å². The van der Waals surface area contributed by atoms with Gasteiger partial charge in [0.1, 0.15) is 17.3 Å². The van der Waals surface area contributed by atoms with Gasteiger partial charge in [-0.1, -0.05) is 0 Å². The second kappa shape index (κ2) is 4.60. The van der Waals surface area contributed by atoms with Gasteiger partial charge in [-0.25, -0.2) is 9.79 Å². The van der Waals surface area contributed by atoms with Gasteiger partial charge in [-0.3, -0.25) is 0 Å². The number of methoxy groups -OCH3 is 3. The molecule has 0 spiro atoms. The molecule has 5 nitrogen and oxygen atoms in total. The van der Waals surface area contributed by atoms with Gasteiger partial charge in [0.05, 0.1) is 14.2 Å². The predicted molar refractivity (Wildman–Crippen MR) is 49.5 cm³/mol. The summed E-state index contributed by atoms with van der Waals surface area (Å²) < 4.78 is 14.9. The topological polar surface area (TPSA) is 57.1 Å². The lowest BCUT2D eigenvalue weighted by Gasteiger charge is -2.18. The first-order chi connectivity index (χ1) is 6.76. The van der Waals surface area contributed by atoms with Crippen molar-refractivity contribution in [2.24, 2.45) is 4.99 Å². The third-order valence-electron chi connectivity index (χ3n) is 1.77. The average Bonchev–Trinajstić information content (AvgIpc) is 2.26. The maximum absolute atomic E-state index is 10.6. The Morgan fingerprint density at radius 1 is 1.36 bits per heavy atom. The lowest BCUT2D eigenvalue weighted by Crippen LogP contribution is -2.22. The summed E-state index contributed by atoms with van der Waals surface area (Å²) in [7, 11) is 4.37. The molecule has 1 atom stereocenters. The Hall–Kier alpha value is -1.58. The van der Waals surface area contributed by atoms with Gasteiger partial charge in [0, 0.05) is 13.2 Å². The van der Waals surface area contributed by atoms with Crippen LogP contribution in [0, 0.1) is 0 Å². The van der Waals surface area contributed by atoms with E-state index in [0.717, 1.165) is 0 Å². The number of ether oxygens (including phenoxy) is 3. The summed E-state index contributed by atoms with van der Waals surface area (Å²) >= 11 is 0. The molecule has 1 heterocycles. The maximum atomic E-state index is 10.6. The van der Waals surface area contributed by atoms with Gasteiger partial charge in [-0.15, -0.1) is 0 Å². The Morgan fingerprint density at radius 2 is 2.07 bits per heavy atom. The molecule has 0 radical (unpaired) electrons. The van der Waals surface area contributed by atoms with Crippen LogP contribution in [0.1, 0.15) is 0 Å². The second-order valence-electron chi connectivity index (χ2n) is 2.49. The van der Waals surface area contributed by atoms with Crippen molar-refractivity contribution in [3.05, 3.63) is 17.4 Å². The van der Waals surface area contributed by atoms with E-state index in [2.05, 4.69) is 4.99 Å². The van der Waals surface area contributed by atoms with Gasteiger partial charge in [-0.2, -0.15) is 0 Å². The zero-order valence-electron chi connectivity index (χ0n) is 8.23. The Kier molecular flexibility index (Phi) is 3.45. The number of rotatable bonds is 2. The minimum Gasteiger partial charge on any atom is -0.495 e. The first-order valence-corrected chi connectivity index (χ1v) is 3.92. The normalized spacial score (nSPS) is 20.8. The Morgan fingerprint density at radius 3 is 2.50 bits per heavy atom. The Labute approximate surface area is 81.7 Å². The molecule has 0 fully saturated rings. The molecule has 14 heavy (non-hydrogen) atoms. The van der Waals surface area contributed by atoms with E-state index in [1.54, 1.807) is 5.94 Å². The van der Waals surface area contributed by atoms with Crippen molar-refractivity contribution in [3.8, 4) is 0 Å². The zero-order chi connectivity index (χ0) is 10.6. The van der Waals surface area contributed by atoms with Gasteiger partial charge in [0.2, 0.25) is 5.90 Å². The predicted octanol–water partition coefficient (Wildman–Crippen LogP) is 0.306. The van der Waals surface area contributed by atoms with Crippen molar-refractivity contribution in [1.29, 1.82) is 0 Å². The summed E-state index contributed by atoms with van der Waals surface area (Å²) in [6.45, 7) is 0. The molecule has 0 amide bonds. The average molecular weight is 197 g/mol. The lowest BCUT2D eigenvalue weighted by molar-refractivity contribution is 0.128. The zero-order valence-corrected chi connectivity index (χ0v) is 8.23. The molecule has 1 rings (SSSR count). The molecule has 0 saturated heterocycles. The van der Waals surface area contributed by atoms with Crippen LogP contribution in [0.4, 0.5) is 0 Å². The number of aliphatic imine (C=N–C) groups is 1. The van der Waals surface area contributed by atoms with Crippen LogP contribution in [0.25, 0.3) is 0 Å². The third kappa shape index (κ3) is 1.84. The smallest absolute Gasteiger partial charge is 0.214 e. The minimum absolute atomic E-state index is 0.232. The van der Waals surface area contributed by atoms with E-state index in [1.807, 2.05) is 0 Å². The highest BCUT2D eigenvalue weighted by atomic mass is 16.5. The molecule has 1 aliphatic heterocycles. The van der Waals surface area contributed by atoms with E-state index in [1.165, 1.54) is 27.4 Å². The second-order valence-corrected chi connectivity index (χ2v) is 2.49. The highest BCUT2D eigenvalue weighted by molar-refractivity contribution is 5.91. The molecule has 5 heteroatoms. The van der Waals surface area contributed by atoms with Crippen LogP contribution < -0.4 is 0 Å². The Balaban J connectivity index is 3.08. The van der Waals surface area contributed by atoms with Crippen LogP contribution in [0.15, 0.2) is 22.4 Å². The first kappa shape index (κ1) is 10.5. The number of carbonyl (C=O) groups excluding carboxylic acids is 1. The maximum Gasteiger partial charge on any atom is 0.214 e. The van der Waals surface area contributed by atoms with E-state index in [4.69, 9.17) is 14.2 Å². The fraction of sp³-hybridized carbons (Fsp3) is 0.444. The molecule has 1 unspecified atom stereocenters. The summed E-state index contributed by atoms with van der Waals surface area (Å²) in [6.07, 6.45) is 0.804. The molecule has 0 aromatic heterocycles. The van der Waals surface area contributed by atoms with Crippen molar-refractivity contribution >= 4 is 11.8 Å². The summed E-state index contributed by atoms with van der Waals surface area (Å²) in [5, 5.41) is 0. The van der Waals surface area contributed by atoms with Gasteiger partial charge >= 0.3 is 0 Å². The summed E-state index contributed by atoms with van der Waals surface area (Å²) in [5.41, 5.74) is 0.232. The molecule has 0 saturated carbocycles. The van der Waals surface area contributed by atoms with Gasteiger partial charge in [0.25, 0.3) is 0 Å². The highest BCUT2D eigenvalue weighted by Crippen LogP contribution is 2.20. The molecule has 76 valence electrons. The SMILES string of the molecule is COC1=CC(OC)=NC(OC)C1=C=O. The van der Waals surface area contributed by atoms with Crippen LogP contribution in [-0.4, -0.2) is 39.4 Å². The van der Waals surface area contributed by atoms with Gasteiger partial charge in [-0.05, 0) is 0 Å². The third-order valence-corrected chi connectivity index (χ3v) is 1.77. The van der Waals surface area contributed by atoms with Gasteiger partial charge in [0.15, 0.2) is 6.23 Å². The molecular weight excluding hydrogens is 186 g/mol. The molecule has 0 N–H and O–H groups in total. The van der Waals surface area contributed by atoms with Crippen molar-refractivity contribution in [3.63, 3.8) is 0 Å². The Bertz CT molecular complexity index is 326. The van der Waals surface area contributed by atoms with Crippen molar-refractivity contribution < 1.29 is 19.0 Å². The number of hydrogen-bond donors (Lipinski definition) is 0. The van der Waals surface area contributed by atoms with Crippen molar-refractivity contribution in [2.75, 3.05) is 21.3 Å². The number of nitrogens with zero attached hydrogens (tertiary/aromatic N) is 1. The first-order valence-electron chi connectivity index (χ1n) is 3.92. The van der Waals surface area contributed by atoms with E-state index < -0.39 is 6.23 Å². The van der Waals surface area contributed by atoms with Crippen LogP contribution in [-0.2, 0) is 19.0 Å². The standard InChI is InChI=1S/C9H11NO4/c1-12-7-4-8(13-2)10-9(14-3)6(7)5-11/h4,9H,1-3H3. The van der Waals surface area contributed by atoms with Crippen LogP contribution >= 0.6 is 0 Å². The molecule has 0 bridgehead atoms. The molecule has 0 aliphatic carbocycles. The summed E-state index contributed by atoms with van der Waals surface area (Å²) in [4.78, 5) is 14.6. The number of dihydropyridines is 1. The summed E-state index contributed by atoms with van der Waals surface area (Å²) in [6, 6.07) is 0.